The van der Waals surface area contributed by atoms with Crippen LogP contribution in [-0.4, -0.2) is 28.3 Å². The number of H-pyrrole nitrogens is 1. The van der Waals surface area contributed by atoms with Crippen molar-refractivity contribution in [2.75, 3.05) is 13.1 Å². The van der Waals surface area contributed by atoms with Gasteiger partial charge in [0.2, 0.25) is 0 Å². The van der Waals surface area contributed by atoms with Gasteiger partial charge in [0.15, 0.2) is 5.65 Å². The van der Waals surface area contributed by atoms with Gasteiger partial charge in [0.25, 0.3) is 0 Å². The van der Waals surface area contributed by atoms with Crippen molar-refractivity contribution in [1.29, 1.82) is 0 Å². The van der Waals surface area contributed by atoms with Gasteiger partial charge in [-0.05, 0) is 31.5 Å². The average molecular weight is 275 g/mol. The smallest absolute Gasteiger partial charge is 0.155 e. The van der Waals surface area contributed by atoms with E-state index in [-0.39, 0.29) is 24.8 Å². The zero-order valence-electron chi connectivity index (χ0n) is 9.35. The molecule has 6 heteroatoms. The second-order valence-corrected chi connectivity index (χ2v) is 4.09. The summed E-state index contributed by atoms with van der Waals surface area (Å²) in [5.41, 5.74) is 2.08. The van der Waals surface area contributed by atoms with Crippen molar-refractivity contribution in [2.24, 2.45) is 0 Å². The summed E-state index contributed by atoms with van der Waals surface area (Å²) in [7, 11) is 0. The number of hydrogen-bond acceptors (Lipinski definition) is 3. The first-order valence-corrected chi connectivity index (χ1v) is 5.44. The van der Waals surface area contributed by atoms with Gasteiger partial charge in [-0.25, -0.2) is 4.98 Å². The number of aromatic amines is 1. The number of piperidine rings is 1. The fourth-order valence-electron chi connectivity index (χ4n) is 2.17. The molecule has 1 atom stereocenters. The number of aromatic nitrogens is 3. The van der Waals surface area contributed by atoms with Gasteiger partial charge >= 0.3 is 0 Å². The van der Waals surface area contributed by atoms with Gasteiger partial charge in [0.05, 0.1) is 6.20 Å². The Labute approximate surface area is 112 Å². The molecule has 0 radical (unpaired) electrons. The maximum atomic E-state index is 4.60. The number of nitrogens with one attached hydrogen (secondary N) is 2. The molecular formula is C11H16Cl2N4. The van der Waals surface area contributed by atoms with E-state index >= 15 is 0 Å². The van der Waals surface area contributed by atoms with Crippen LogP contribution in [0.2, 0.25) is 0 Å². The standard InChI is InChI=1S/C11H14N4.2ClH/c1-2-8(6-12-5-1)10-4-3-9-7-13-15-11(9)14-10;;/h3-4,7-8,12H,1-2,5-6H2,(H,13,14,15);2*1H. The van der Waals surface area contributed by atoms with Crippen molar-refractivity contribution < 1.29 is 0 Å². The Hall–Kier alpha value is -0.840. The first kappa shape index (κ1) is 14.2. The molecule has 4 nitrogen and oxygen atoms in total. The van der Waals surface area contributed by atoms with Gasteiger partial charge in [0, 0.05) is 23.5 Å². The molecule has 0 bridgehead atoms. The summed E-state index contributed by atoms with van der Waals surface area (Å²) in [6.45, 7) is 2.19. The van der Waals surface area contributed by atoms with E-state index in [9.17, 15) is 0 Å². The Bertz CT molecular complexity index is 465. The molecule has 0 spiro atoms. The Morgan fingerprint density at radius 1 is 1.24 bits per heavy atom. The van der Waals surface area contributed by atoms with E-state index in [0.29, 0.717) is 5.92 Å². The van der Waals surface area contributed by atoms with Crippen LogP contribution in [0.25, 0.3) is 11.0 Å². The Morgan fingerprint density at radius 3 is 2.88 bits per heavy atom. The highest BCUT2D eigenvalue weighted by molar-refractivity contribution is 5.85. The Balaban J connectivity index is 0.000000722. The lowest BCUT2D eigenvalue weighted by Crippen LogP contribution is -2.28. The van der Waals surface area contributed by atoms with Crippen LogP contribution < -0.4 is 5.32 Å². The molecule has 2 aromatic rings. The van der Waals surface area contributed by atoms with Gasteiger partial charge in [-0.3, -0.25) is 5.10 Å². The largest absolute Gasteiger partial charge is 0.316 e. The highest BCUT2D eigenvalue weighted by atomic mass is 35.5. The van der Waals surface area contributed by atoms with Crippen LogP contribution in [0.1, 0.15) is 24.5 Å². The predicted octanol–water partition coefficient (Wildman–Crippen LogP) is 2.27. The maximum Gasteiger partial charge on any atom is 0.155 e. The molecule has 3 rings (SSSR count). The molecule has 2 aromatic heterocycles. The van der Waals surface area contributed by atoms with Gasteiger partial charge in [-0.2, -0.15) is 5.10 Å². The number of pyridine rings is 1. The monoisotopic (exact) mass is 274 g/mol. The van der Waals surface area contributed by atoms with E-state index in [1.165, 1.54) is 18.5 Å². The minimum absolute atomic E-state index is 0. The number of halogens is 2. The zero-order chi connectivity index (χ0) is 10.1. The van der Waals surface area contributed by atoms with Gasteiger partial charge in [-0.1, -0.05) is 0 Å². The van der Waals surface area contributed by atoms with Crippen molar-refractivity contribution in [3.05, 3.63) is 24.0 Å². The van der Waals surface area contributed by atoms with E-state index in [1.54, 1.807) is 0 Å². The minimum atomic E-state index is 0. The topological polar surface area (TPSA) is 53.6 Å². The fraction of sp³-hybridized carbons (Fsp3) is 0.455. The molecular weight excluding hydrogens is 259 g/mol. The zero-order valence-corrected chi connectivity index (χ0v) is 11.0. The Kier molecular flexibility index (Phi) is 5.18. The molecule has 0 aromatic carbocycles. The highest BCUT2D eigenvalue weighted by Crippen LogP contribution is 2.22. The molecule has 0 saturated carbocycles. The second kappa shape index (κ2) is 6.19. The third-order valence-electron chi connectivity index (χ3n) is 3.04. The molecule has 17 heavy (non-hydrogen) atoms. The molecule has 1 unspecified atom stereocenters. The molecule has 1 fully saturated rings. The summed E-state index contributed by atoms with van der Waals surface area (Å²) in [4.78, 5) is 4.60. The van der Waals surface area contributed by atoms with Crippen molar-refractivity contribution >= 4 is 35.8 Å². The van der Waals surface area contributed by atoms with E-state index in [2.05, 4.69) is 32.6 Å². The van der Waals surface area contributed by atoms with Crippen molar-refractivity contribution in [3.63, 3.8) is 0 Å². The summed E-state index contributed by atoms with van der Waals surface area (Å²) in [5, 5.41) is 11.4. The number of rotatable bonds is 1. The van der Waals surface area contributed by atoms with E-state index in [4.69, 9.17) is 0 Å². The quantitative estimate of drug-likeness (QED) is 0.839. The SMILES string of the molecule is Cl.Cl.c1cc2cn[nH]c2nc1C1CCCNC1. The van der Waals surface area contributed by atoms with Crippen LogP contribution in [-0.2, 0) is 0 Å². The van der Waals surface area contributed by atoms with E-state index in [0.717, 1.165) is 24.1 Å². The highest BCUT2D eigenvalue weighted by Gasteiger charge is 2.16. The molecule has 1 saturated heterocycles. The first-order chi connectivity index (χ1) is 7.43. The lowest BCUT2D eigenvalue weighted by molar-refractivity contribution is 0.455. The Morgan fingerprint density at radius 2 is 2.12 bits per heavy atom. The molecule has 1 aliphatic heterocycles. The van der Waals surface area contributed by atoms with E-state index in [1.807, 2.05) is 6.20 Å². The van der Waals surface area contributed by atoms with Crippen molar-refractivity contribution in [3.8, 4) is 0 Å². The van der Waals surface area contributed by atoms with Crippen LogP contribution in [0.15, 0.2) is 18.3 Å². The summed E-state index contributed by atoms with van der Waals surface area (Å²) >= 11 is 0. The second-order valence-electron chi connectivity index (χ2n) is 4.09. The predicted molar refractivity (Wildman–Crippen MR) is 73.2 cm³/mol. The van der Waals surface area contributed by atoms with Crippen LogP contribution >= 0.6 is 24.8 Å². The molecule has 2 N–H and O–H groups in total. The van der Waals surface area contributed by atoms with Crippen molar-refractivity contribution in [2.45, 2.75) is 18.8 Å². The molecule has 0 amide bonds. The number of nitrogens with zero attached hydrogens (tertiary/aromatic N) is 2. The van der Waals surface area contributed by atoms with Crippen molar-refractivity contribution in [1.82, 2.24) is 20.5 Å². The van der Waals surface area contributed by atoms with Crippen LogP contribution in [0.3, 0.4) is 0 Å². The average Bonchev–Trinajstić information content (AvgIpc) is 2.77. The number of hydrogen-bond donors (Lipinski definition) is 2. The molecule has 0 aliphatic carbocycles. The third-order valence-corrected chi connectivity index (χ3v) is 3.04. The van der Waals surface area contributed by atoms with E-state index < -0.39 is 0 Å². The van der Waals surface area contributed by atoms with Gasteiger partial charge in [0.1, 0.15) is 0 Å². The summed E-state index contributed by atoms with van der Waals surface area (Å²) in [6.07, 6.45) is 4.29. The minimum Gasteiger partial charge on any atom is -0.316 e. The number of fused-ring (bicyclic) bond motifs is 1. The summed E-state index contributed by atoms with van der Waals surface area (Å²) in [6, 6.07) is 4.21. The first-order valence-electron chi connectivity index (χ1n) is 5.44. The van der Waals surface area contributed by atoms with Gasteiger partial charge in [-0.15, -0.1) is 24.8 Å². The summed E-state index contributed by atoms with van der Waals surface area (Å²) < 4.78 is 0. The molecule has 1 aliphatic rings. The van der Waals surface area contributed by atoms with Gasteiger partial charge < -0.3 is 5.32 Å². The van der Waals surface area contributed by atoms with Crippen LogP contribution in [0.5, 0.6) is 0 Å². The third kappa shape index (κ3) is 2.89. The normalized spacial score (nSPS) is 19.4. The fourth-order valence-corrected chi connectivity index (χ4v) is 2.17. The lowest BCUT2D eigenvalue weighted by atomic mass is 9.95. The summed E-state index contributed by atoms with van der Waals surface area (Å²) in [5.74, 6) is 0.562. The molecule has 94 valence electrons. The van der Waals surface area contributed by atoms with Crippen LogP contribution in [0, 0.1) is 0 Å². The maximum absolute atomic E-state index is 4.60. The molecule has 3 heterocycles. The lowest BCUT2D eigenvalue weighted by Gasteiger charge is -2.21. The van der Waals surface area contributed by atoms with Crippen LogP contribution in [0.4, 0.5) is 0 Å².